The highest BCUT2D eigenvalue weighted by Gasteiger charge is 2.06. The topological polar surface area (TPSA) is 105 Å². The van der Waals surface area contributed by atoms with Crippen molar-refractivity contribution in [2.75, 3.05) is 20.3 Å². The summed E-state index contributed by atoms with van der Waals surface area (Å²) in [5.41, 5.74) is 1.29. The Bertz CT molecular complexity index is 499. The van der Waals surface area contributed by atoms with Gasteiger partial charge in [-0.2, -0.15) is 0 Å². The maximum absolute atomic E-state index is 11.7. The molecular weight excluding hydrogens is 276 g/mol. The molecule has 0 aliphatic rings. The Balaban J connectivity index is 2.44. The highest BCUT2D eigenvalue weighted by Crippen LogP contribution is 2.04. The van der Waals surface area contributed by atoms with Crippen LogP contribution in [-0.4, -0.2) is 43.2 Å². The first kappa shape index (κ1) is 16.6. The number of carbonyl (C=O) groups excluding carboxylic acids is 2. The van der Waals surface area contributed by atoms with Gasteiger partial charge in [0.1, 0.15) is 6.61 Å². The Kier molecular flexibility index (Phi) is 6.90. The van der Waals surface area contributed by atoms with Gasteiger partial charge in [0.15, 0.2) is 0 Å². The smallest absolute Gasteiger partial charge is 0.305 e. The van der Waals surface area contributed by atoms with Crippen molar-refractivity contribution >= 4 is 17.8 Å². The summed E-state index contributed by atoms with van der Waals surface area (Å²) in [4.78, 5) is 33.3. The Labute approximate surface area is 122 Å². The van der Waals surface area contributed by atoms with Crippen LogP contribution in [-0.2, 0) is 20.9 Å². The van der Waals surface area contributed by atoms with Crippen LogP contribution in [0.4, 0.5) is 0 Å². The molecule has 0 unspecified atom stereocenters. The summed E-state index contributed by atoms with van der Waals surface area (Å²) in [7, 11) is 1.44. The minimum absolute atomic E-state index is 0.00403. The number of benzene rings is 1. The van der Waals surface area contributed by atoms with Crippen molar-refractivity contribution in [3.8, 4) is 0 Å². The van der Waals surface area contributed by atoms with Gasteiger partial charge >= 0.3 is 5.97 Å². The van der Waals surface area contributed by atoms with E-state index >= 15 is 0 Å². The molecule has 0 fully saturated rings. The molecule has 1 aromatic carbocycles. The largest absolute Gasteiger partial charge is 0.481 e. The van der Waals surface area contributed by atoms with E-state index in [1.54, 1.807) is 24.3 Å². The molecule has 21 heavy (non-hydrogen) atoms. The number of hydrogen-bond acceptors (Lipinski definition) is 4. The number of carbonyl (C=O) groups is 3. The van der Waals surface area contributed by atoms with Crippen molar-refractivity contribution in [3.05, 3.63) is 35.4 Å². The molecule has 7 heteroatoms. The number of methoxy groups -OCH3 is 1. The highest BCUT2D eigenvalue weighted by molar-refractivity contribution is 5.94. The van der Waals surface area contributed by atoms with Crippen LogP contribution in [0.5, 0.6) is 0 Å². The lowest BCUT2D eigenvalue weighted by Gasteiger charge is -2.06. The molecule has 0 saturated heterocycles. The van der Waals surface area contributed by atoms with E-state index < -0.39 is 5.97 Å². The van der Waals surface area contributed by atoms with Crippen molar-refractivity contribution in [2.24, 2.45) is 0 Å². The molecule has 0 aliphatic heterocycles. The quantitative estimate of drug-likeness (QED) is 0.633. The molecular formula is C14H18N2O5. The first-order valence-corrected chi connectivity index (χ1v) is 6.37. The fraction of sp³-hybridized carbons (Fsp3) is 0.357. The SMILES string of the molecule is COCC(=O)NCc1ccc(C(=O)NCCC(=O)O)cc1. The molecule has 1 aromatic rings. The minimum Gasteiger partial charge on any atom is -0.481 e. The second-order valence-electron chi connectivity index (χ2n) is 4.31. The monoisotopic (exact) mass is 294 g/mol. The van der Waals surface area contributed by atoms with Crippen LogP contribution in [0.25, 0.3) is 0 Å². The van der Waals surface area contributed by atoms with Gasteiger partial charge in [0.25, 0.3) is 5.91 Å². The van der Waals surface area contributed by atoms with Gasteiger partial charge in [-0.15, -0.1) is 0 Å². The summed E-state index contributed by atoms with van der Waals surface area (Å²) < 4.78 is 4.69. The van der Waals surface area contributed by atoms with E-state index in [0.717, 1.165) is 5.56 Å². The first-order chi connectivity index (χ1) is 10.0. The van der Waals surface area contributed by atoms with Crippen molar-refractivity contribution in [1.29, 1.82) is 0 Å². The van der Waals surface area contributed by atoms with Crippen LogP contribution < -0.4 is 10.6 Å². The lowest BCUT2D eigenvalue weighted by molar-refractivity contribution is -0.136. The zero-order chi connectivity index (χ0) is 15.7. The molecule has 0 heterocycles. The summed E-state index contributed by atoms with van der Waals surface area (Å²) in [5.74, 6) is -1.50. The first-order valence-electron chi connectivity index (χ1n) is 6.37. The highest BCUT2D eigenvalue weighted by atomic mass is 16.5. The fourth-order valence-corrected chi connectivity index (χ4v) is 1.54. The van der Waals surface area contributed by atoms with Crippen LogP contribution in [0, 0.1) is 0 Å². The summed E-state index contributed by atoms with van der Waals surface area (Å²) in [6, 6.07) is 6.68. The van der Waals surface area contributed by atoms with Gasteiger partial charge in [-0.3, -0.25) is 14.4 Å². The number of amides is 2. The van der Waals surface area contributed by atoms with Crippen molar-refractivity contribution in [2.45, 2.75) is 13.0 Å². The van der Waals surface area contributed by atoms with Crippen LogP contribution >= 0.6 is 0 Å². The van der Waals surface area contributed by atoms with Crippen LogP contribution in [0.15, 0.2) is 24.3 Å². The van der Waals surface area contributed by atoms with E-state index in [-0.39, 0.29) is 31.4 Å². The molecule has 7 nitrogen and oxygen atoms in total. The Hall–Kier alpha value is -2.41. The summed E-state index contributed by atoms with van der Waals surface area (Å²) >= 11 is 0. The van der Waals surface area contributed by atoms with Crippen molar-refractivity contribution < 1.29 is 24.2 Å². The van der Waals surface area contributed by atoms with Gasteiger partial charge in [-0.25, -0.2) is 0 Å². The third-order valence-corrected chi connectivity index (χ3v) is 2.61. The molecule has 3 N–H and O–H groups in total. The lowest BCUT2D eigenvalue weighted by Crippen LogP contribution is -2.27. The summed E-state index contributed by atoms with van der Waals surface area (Å²) in [5, 5.41) is 13.7. The molecule has 1 rings (SSSR count). The molecule has 0 aromatic heterocycles. The van der Waals surface area contributed by atoms with Gasteiger partial charge < -0.3 is 20.5 Å². The third kappa shape index (κ3) is 6.53. The van der Waals surface area contributed by atoms with E-state index in [1.807, 2.05) is 0 Å². The molecule has 0 aliphatic carbocycles. The van der Waals surface area contributed by atoms with Gasteiger partial charge in [0, 0.05) is 25.8 Å². The zero-order valence-electron chi connectivity index (χ0n) is 11.7. The number of hydrogen-bond donors (Lipinski definition) is 3. The Morgan fingerprint density at radius 3 is 2.38 bits per heavy atom. The second-order valence-corrected chi connectivity index (χ2v) is 4.31. The molecule has 0 atom stereocenters. The number of nitrogens with one attached hydrogen (secondary N) is 2. The number of carboxylic acid groups (broad SMARTS) is 1. The summed E-state index contributed by atoms with van der Waals surface area (Å²) in [6.45, 7) is 0.441. The van der Waals surface area contributed by atoms with E-state index in [9.17, 15) is 14.4 Å². The average Bonchev–Trinajstić information content (AvgIpc) is 2.45. The third-order valence-electron chi connectivity index (χ3n) is 2.61. The van der Waals surface area contributed by atoms with E-state index in [1.165, 1.54) is 7.11 Å². The number of carboxylic acids is 1. The Morgan fingerprint density at radius 1 is 1.14 bits per heavy atom. The standard InChI is InChI=1S/C14H18N2O5/c1-21-9-12(17)16-8-10-2-4-11(5-3-10)14(20)15-7-6-13(18)19/h2-5H,6-9H2,1H3,(H,15,20)(H,16,17)(H,18,19). The second kappa shape index (κ2) is 8.70. The van der Waals surface area contributed by atoms with E-state index in [2.05, 4.69) is 10.6 Å². The minimum atomic E-state index is -0.961. The maximum Gasteiger partial charge on any atom is 0.305 e. The lowest BCUT2D eigenvalue weighted by atomic mass is 10.1. The van der Waals surface area contributed by atoms with Gasteiger partial charge in [0.2, 0.25) is 5.91 Å². The zero-order valence-corrected chi connectivity index (χ0v) is 11.7. The molecule has 0 spiro atoms. The molecule has 0 saturated carbocycles. The normalized spacial score (nSPS) is 9.95. The van der Waals surface area contributed by atoms with Gasteiger partial charge in [-0.05, 0) is 17.7 Å². The van der Waals surface area contributed by atoms with Gasteiger partial charge in [-0.1, -0.05) is 12.1 Å². The van der Waals surface area contributed by atoms with Crippen molar-refractivity contribution in [3.63, 3.8) is 0 Å². The number of ether oxygens (including phenoxy) is 1. The Morgan fingerprint density at radius 2 is 1.81 bits per heavy atom. The maximum atomic E-state index is 11.7. The predicted molar refractivity (Wildman–Crippen MR) is 74.8 cm³/mol. The van der Waals surface area contributed by atoms with Gasteiger partial charge in [0.05, 0.1) is 6.42 Å². The summed E-state index contributed by atoms with van der Waals surface area (Å²) in [6.07, 6.45) is -0.116. The molecule has 2 amide bonds. The van der Waals surface area contributed by atoms with Crippen LogP contribution in [0.1, 0.15) is 22.3 Å². The predicted octanol–water partition coefficient (Wildman–Crippen LogP) is 0.154. The molecule has 0 radical (unpaired) electrons. The van der Waals surface area contributed by atoms with E-state index in [4.69, 9.17) is 9.84 Å². The number of aliphatic carboxylic acids is 1. The van der Waals surface area contributed by atoms with Crippen molar-refractivity contribution in [1.82, 2.24) is 10.6 Å². The van der Waals surface area contributed by atoms with E-state index in [0.29, 0.717) is 12.1 Å². The van der Waals surface area contributed by atoms with Crippen LogP contribution in [0.3, 0.4) is 0 Å². The fourth-order valence-electron chi connectivity index (χ4n) is 1.54. The molecule has 114 valence electrons. The average molecular weight is 294 g/mol. The number of rotatable bonds is 8. The van der Waals surface area contributed by atoms with Crippen LogP contribution in [0.2, 0.25) is 0 Å². The molecule has 0 bridgehead atoms.